The van der Waals surface area contributed by atoms with Gasteiger partial charge in [0.1, 0.15) is 12.1 Å². The summed E-state index contributed by atoms with van der Waals surface area (Å²) < 4.78 is 5.60. The summed E-state index contributed by atoms with van der Waals surface area (Å²) in [6.07, 6.45) is 3.97. The van der Waals surface area contributed by atoms with E-state index in [0.717, 1.165) is 21.9 Å². The Kier molecular flexibility index (Phi) is 9.20. The second kappa shape index (κ2) is 12.8. The Morgan fingerprint density at radius 2 is 1.52 bits per heavy atom. The fourth-order valence-corrected chi connectivity index (χ4v) is 4.66. The smallest absolute Gasteiger partial charge is 0.306 e. The average Bonchev–Trinajstić information content (AvgIpc) is 3.47. The Morgan fingerprint density at radius 3 is 2.17 bits per heavy atom. The van der Waals surface area contributed by atoms with Crippen molar-refractivity contribution in [3.8, 4) is 0 Å². The molecule has 0 radical (unpaired) electrons. The number of carbonyl (C=O) groups excluding carboxylic acids is 3. The Morgan fingerprint density at radius 1 is 0.857 bits per heavy atom. The first-order valence-electron chi connectivity index (χ1n) is 13.8. The van der Waals surface area contributed by atoms with Crippen molar-refractivity contribution in [2.24, 2.45) is 11.1 Å². The van der Waals surface area contributed by atoms with E-state index in [1.165, 1.54) is 15.9 Å². The molecule has 4 rings (SSSR count). The molecule has 9 nitrogen and oxygen atoms in total. The van der Waals surface area contributed by atoms with E-state index in [1.807, 2.05) is 99.6 Å². The quantitative estimate of drug-likeness (QED) is 0.276. The van der Waals surface area contributed by atoms with Crippen LogP contribution in [-0.4, -0.2) is 57.9 Å². The first-order chi connectivity index (χ1) is 19.9. The highest BCUT2D eigenvalue weighted by atomic mass is 16.4. The molecule has 0 aliphatic rings. The highest BCUT2D eigenvalue weighted by molar-refractivity contribution is 5.93. The molecule has 0 spiro atoms. The number of benzene rings is 3. The number of fused-ring (bicyclic) bond motifs is 1. The van der Waals surface area contributed by atoms with Gasteiger partial charge in [-0.2, -0.15) is 0 Å². The average molecular weight is 568 g/mol. The predicted molar refractivity (Wildman–Crippen MR) is 161 cm³/mol. The molecule has 3 aromatic carbocycles. The van der Waals surface area contributed by atoms with Crippen molar-refractivity contribution in [3.05, 3.63) is 108 Å². The number of amides is 3. The lowest BCUT2D eigenvalue weighted by atomic mass is 9.96. The normalized spacial score (nSPS) is 13.2. The topological polar surface area (TPSA) is 123 Å². The lowest BCUT2D eigenvalue weighted by molar-refractivity contribution is -0.143. The van der Waals surface area contributed by atoms with Crippen molar-refractivity contribution in [1.82, 2.24) is 20.0 Å². The summed E-state index contributed by atoms with van der Waals surface area (Å²) >= 11 is 0. The molecule has 1 heterocycles. The summed E-state index contributed by atoms with van der Waals surface area (Å²) in [6, 6.07) is 22.0. The van der Waals surface area contributed by atoms with Gasteiger partial charge >= 0.3 is 11.8 Å². The Balaban J connectivity index is 1.71. The van der Waals surface area contributed by atoms with Crippen LogP contribution in [-0.2, 0) is 22.4 Å². The van der Waals surface area contributed by atoms with Gasteiger partial charge < -0.3 is 20.0 Å². The van der Waals surface area contributed by atoms with Crippen LogP contribution in [0.3, 0.4) is 0 Å². The summed E-state index contributed by atoms with van der Waals surface area (Å²) in [5.74, 6) is -1.72. The van der Waals surface area contributed by atoms with Crippen molar-refractivity contribution < 1.29 is 18.8 Å². The molecule has 0 bridgehead atoms. The number of nitrogens with zero attached hydrogens (tertiary/aromatic N) is 4. The van der Waals surface area contributed by atoms with Gasteiger partial charge in [0.05, 0.1) is 0 Å². The largest absolute Gasteiger partial charge is 0.415 e. The first-order valence-corrected chi connectivity index (χ1v) is 13.8. The van der Waals surface area contributed by atoms with E-state index in [4.69, 9.17) is 10.2 Å². The fraction of sp³-hybridized carbons (Fsp3) is 0.303. The van der Waals surface area contributed by atoms with E-state index in [0.29, 0.717) is 6.42 Å². The summed E-state index contributed by atoms with van der Waals surface area (Å²) in [5.41, 5.74) is 6.98. The van der Waals surface area contributed by atoms with Crippen molar-refractivity contribution in [3.63, 3.8) is 0 Å². The van der Waals surface area contributed by atoms with Crippen LogP contribution in [0.5, 0.6) is 0 Å². The third kappa shape index (κ3) is 7.48. The molecular weight excluding hydrogens is 530 g/mol. The molecule has 2 N–H and O–H groups in total. The van der Waals surface area contributed by atoms with Crippen LogP contribution in [0.25, 0.3) is 10.8 Å². The molecule has 0 fully saturated rings. The monoisotopic (exact) mass is 567 g/mol. The van der Waals surface area contributed by atoms with Crippen LogP contribution in [0.15, 0.2) is 89.4 Å². The second-order valence-corrected chi connectivity index (χ2v) is 11.5. The predicted octanol–water partition coefficient (Wildman–Crippen LogP) is 4.74. The minimum atomic E-state index is -0.855. The molecule has 2 atom stereocenters. The summed E-state index contributed by atoms with van der Waals surface area (Å²) in [7, 11) is 3.28. The SMILES string of the molecule is CN(C(=O)/C=C/C(C)(C)C)[C@H](Cc1ccc2ccccc2c1)C(=O)N(C)[C@H](Cc1ccccc1)c1nnc(C(N)=O)o1. The number of nitrogens with two attached hydrogens (primary N) is 1. The summed E-state index contributed by atoms with van der Waals surface area (Å²) in [6.45, 7) is 6.00. The minimum Gasteiger partial charge on any atom is -0.415 e. The first kappa shape index (κ1) is 30.2. The van der Waals surface area contributed by atoms with Crippen LogP contribution in [0.2, 0.25) is 0 Å². The molecule has 0 saturated heterocycles. The Hall–Kier alpha value is -4.79. The van der Waals surface area contributed by atoms with Gasteiger partial charge in [-0.05, 0) is 33.4 Å². The molecule has 0 aliphatic heterocycles. The van der Waals surface area contributed by atoms with E-state index < -0.39 is 18.0 Å². The van der Waals surface area contributed by atoms with Crippen LogP contribution in [0, 0.1) is 5.41 Å². The summed E-state index contributed by atoms with van der Waals surface area (Å²) in [4.78, 5) is 42.4. The van der Waals surface area contributed by atoms with Crippen molar-refractivity contribution >= 4 is 28.5 Å². The van der Waals surface area contributed by atoms with E-state index in [2.05, 4.69) is 10.2 Å². The highest BCUT2D eigenvalue weighted by Gasteiger charge is 2.35. The number of hydrogen-bond acceptors (Lipinski definition) is 6. The lowest BCUT2D eigenvalue weighted by Crippen LogP contribution is -2.50. The van der Waals surface area contributed by atoms with Crippen LogP contribution >= 0.6 is 0 Å². The fourth-order valence-electron chi connectivity index (χ4n) is 4.66. The van der Waals surface area contributed by atoms with Gasteiger partial charge in [-0.1, -0.05) is 99.6 Å². The Labute approximate surface area is 246 Å². The molecule has 4 aromatic rings. The van der Waals surface area contributed by atoms with Gasteiger partial charge in [0, 0.05) is 26.9 Å². The zero-order valence-corrected chi connectivity index (χ0v) is 24.7. The molecule has 9 heteroatoms. The maximum atomic E-state index is 14.3. The molecule has 0 saturated carbocycles. The number of rotatable bonds is 10. The second-order valence-electron chi connectivity index (χ2n) is 11.5. The van der Waals surface area contributed by atoms with Crippen LogP contribution in [0.4, 0.5) is 0 Å². The number of allylic oxidation sites excluding steroid dienone is 1. The molecule has 3 amide bonds. The molecule has 0 aliphatic carbocycles. The van der Waals surface area contributed by atoms with E-state index in [-0.39, 0.29) is 35.4 Å². The zero-order valence-electron chi connectivity index (χ0n) is 24.7. The summed E-state index contributed by atoms with van der Waals surface area (Å²) in [5, 5.41) is 9.95. The lowest BCUT2D eigenvalue weighted by Gasteiger charge is -2.33. The zero-order chi connectivity index (χ0) is 30.4. The van der Waals surface area contributed by atoms with Crippen molar-refractivity contribution in [1.29, 1.82) is 0 Å². The minimum absolute atomic E-state index is 0.0783. The highest BCUT2D eigenvalue weighted by Crippen LogP contribution is 2.26. The van der Waals surface area contributed by atoms with Crippen LogP contribution < -0.4 is 5.73 Å². The van der Waals surface area contributed by atoms with E-state index >= 15 is 0 Å². The third-order valence-electron chi connectivity index (χ3n) is 7.09. The van der Waals surface area contributed by atoms with E-state index in [9.17, 15) is 14.4 Å². The van der Waals surface area contributed by atoms with Gasteiger partial charge in [-0.3, -0.25) is 14.4 Å². The van der Waals surface area contributed by atoms with Gasteiger partial charge in [0.15, 0.2) is 0 Å². The third-order valence-corrected chi connectivity index (χ3v) is 7.09. The maximum Gasteiger partial charge on any atom is 0.306 e. The van der Waals surface area contributed by atoms with Gasteiger partial charge in [-0.15, -0.1) is 10.2 Å². The number of aromatic nitrogens is 2. The molecular formula is C33H37N5O4. The Bertz CT molecular complexity index is 1590. The number of carbonyl (C=O) groups is 3. The number of hydrogen-bond donors (Lipinski definition) is 1. The molecule has 0 unspecified atom stereocenters. The van der Waals surface area contributed by atoms with Crippen molar-refractivity contribution in [2.45, 2.75) is 45.7 Å². The van der Waals surface area contributed by atoms with Crippen molar-refractivity contribution in [2.75, 3.05) is 14.1 Å². The van der Waals surface area contributed by atoms with Gasteiger partial charge in [-0.25, -0.2) is 0 Å². The van der Waals surface area contributed by atoms with Gasteiger partial charge in [0.2, 0.25) is 17.7 Å². The maximum absolute atomic E-state index is 14.3. The van der Waals surface area contributed by atoms with E-state index in [1.54, 1.807) is 14.1 Å². The molecule has 218 valence electrons. The van der Waals surface area contributed by atoms with Crippen LogP contribution in [0.1, 0.15) is 54.5 Å². The number of primary amides is 1. The standard InChI is InChI=1S/C33H37N5O4/c1-33(2,3)18-17-28(39)37(4)27(21-23-15-16-24-13-9-10-14-25(24)19-23)32(41)38(5)26(20-22-11-7-6-8-12-22)30-35-36-31(42-30)29(34)40/h6-19,26-27H,20-21H2,1-5H3,(H2,34,40)/b18-17+/t26-,27-/m1/s1. The van der Waals surface area contributed by atoms with Gasteiger partial charge in [0.25, 0.3) is 0 Å². The molecule has 42 heavy (non-hydrogen) atoms. The number of likely N-dealkylation sites (N-methyl/N-ethyl adjacent to an activating group) is 2. The molecule has 1 aromatic heterocycles.